The minimum absolute atomic E-state index is 0.0421. The number of carbonyl (C=O) groups is 1. The van der Waals surface area contributed by atoms with Gasteiger partial charge in [-0.25, -0.2) is 9.37 Å². The topological polar surface area (TPSA) is 70.5 Å². The van der Waals surface area contributed by atoms with Crippen molar-refractivity contribution in [2.45, 2.75) is 52.1 Å². The molecule has 0 saturated carbocycles. The first-order valence-corrected chi connectivity index (χ1v) is 13.5. The van der Waals surface area contributed by atoms with Crippen molar-refractivity contribution >= 4 is 5.97 Å². The smallest absolute Gasteiger partial charge is 0.306 e. The maximum atomic E-state index is 15.3. The summed E-state index contributed by atoms with van der Waals surface area (Å²) in [5.74, 6) is 0.762. The molecule has 40 heavy (non-hydrogen) atoms. The van der Waals surface area contributed by atoms with Gasteiger partial charge in [0.2, 0.25) is 0 Å². The summed E-state index contributed by atoms with van der Waals surface area (Å²) >= 11 is 0. The quantitative estimate of drug-likeness (QED) is 0.247. The molecule has 4 aromatic rings. The van der Waals surface area contributed by atoms with E-state index >= 15 is 4.39 Å². The van der Waals surface area contributed by atoms with Crippen molar-refractivity contribution in [3.05, 3.63) is 94.2 Å². The summed E-state index contributed by atoms with van der Waals surface area (Å²) in [6.45, 7) is 6.53. The molecular formula is C33H31FN2O4. The lowest BCUT2D eigenvalue weighted by Gasteiger charge is -2.19. The van der Waals surface area contributed by atoms with Gasteiger partial charge >= 0.3 is 5.97 Å². The van der Waals surface area contributed by atoms with Gasteiger partial charge < -0.3 is 14.2 Å². The highest BCUT2D eigenvalue weighted by Crippen LogP contribution is 2.45. The Morgan fingerprint density at radius 2 is 1.88 bits per heavy atom. The Morgan fingerprint density at radius 3 is 2.62 bits per heavy atom. The first-order valence-electron chi connectivity index (χ1n) is 13.5. The Hall–Kier alpha value is -4.26. The molecule has 1 aliphatic carbocycles. The van der Waals surface area contributed by atoms with Crippen molar-refractivity contribution in [1.29, 1.82) is 0 Å². The summed E-state index contributed by atoms with van der Waals surface area (Å²) in [6, 6.07) is 13.3. The zero-order chi connectivity index (χ0) is 28.0. The Labute approximate surface area is 233 Å². The highest BCUT2D eigenvalue weighted by atomic mass is 19.1. The molecule has 7 heteroatoms. The van der Waals surface area contributed by atoms with Crippen LogP contribution in [0.1, 0.15) is 58.4 Å². The largest absolute Gasteiger partial charge is 0.492 e. The number of benzene rings is 3. The van der Waals surface area contributed by atoms with Gasteiger partial charge in [-0.3, -0.25) is 9.78 Å². The molecule has 2 aliphatic rings. The lowest BCUT2D eigenvalue weighted by Crippen LogP contribution is -2.09. The van der Waals surface area contributed by atoms with Crippen LogP contribution in [0, 0.1) is 26.6 Å². The summed E-state index contributed by atoms with van der Waals surface area (Å²) in [7, 11) is 1.39. The number of esters is 1. The third-order valence-electron chi connectivity index (χ3n) is 7.92. The predicted octanol–water partition coefficient (Wildman–Crippen LogP) is 6.98. The fourth-order valence-corrected chi connectivity index (χ4v) is 6.11. The minimum Gasteiger partial charge on any atom is -0.492 e. The molecule has 0 N–H and O–H groups in total. The SMILES string of the molecule is COC(=O)CC1COc2cc(O[C@@H]3CCc4c(-c5c(C)cc(-c6cncc(C)n6)cc5C)ccc(F)c43)ccc21. The molecule has 1 aromatic heterocycles. The number of aromatic nitrogens is 2. The predicted molar refractivity (Wildman–Crippen MR) is 150 cm³/mol. The number of hydrogen-bond donors (Lipinski definition) is 0. The molecule has 0 bridgehead atoms. The van der Waals surface area contributed by atoms with Crippen molar-refractivity contribution in [3.63, 3.8) is 0 Å². The third-order valence-corrected chi connectivity index (χ3v) is 7.92. The Kier molecular flexibility index (Phi) is 6.74. The highest BCUT2D eigenvalue weighted by molar-refractivity contribution is 5.79. The molecule has 0 fully saturated rings. The molecule has 0 radical (unpaired) electrons. The molecule has 6 rings (SSSR count). The number of hydrogen-bond acceptors (Lipinski definition) is 6. The van der Waals surface area contributed by atoms with E-state index in [-0.39, 0.29) is 24.1 Å². The lowest BCUT2D eigenvalue weighted by molar-refractivity contribution is -0.141. The van der Waals surface area contributed by atoms with Gasteiger partial charge in [-0.05, 0) is 85.7 Å². The molecular weight excluding hydrogens is 507 g/mol. The van der Waals surface area contributed by atoms with Crippen LogP contribution in [0.2, 0.25) is 0 Å². The van der Waals surface area contributed by atoms with Gasteiger partial charge in [0.15, 0.2) is 0 Å². The number of ether oxygens (including phenoxy) is 3. The zero-order valence-electron chi connectivity index (χ0n) is 23.1. The number of aryl methyl sites for hydroxylation is 3. The van der Waals surface area contributed by atoms with Crippen molar-refractivity contribution in [2.24, 2.45) is 0 Å². The molecule has 6 nitrogen and oxygen atoms in total. The monoisotopic (exact) mass is 538 g/mol. The van der Waals surface area contributed by atoms with Crippen LogP contribution in [0.25, 0.3) is 22.4 Å². The van der Waals surface area contributed by atoms with Gasteiger partial charge in [-0.15, -0.1) is 0 Å². The van der Waals surface area contributed by atoms with E-state index in [1.165, 1.54) is 7.11 Å². The van der Waals surface area contributed by atoms with Gasteiger partial charge in [0, 0.05) is 34.9 Å². The second-order valence-corrected chi connectivity index (χ2v) is 10.7. The maximum Gasteiger partial charge on any atom is 0.306 e. The molecule has 0 amide bonds. The maximum absolute atomic E-state index is 15.3. The lowest BCUT2D eigenvalue weighted by atomic mass is 9.88. The average Bonchev–Trinajstić information content (AvgIpc) is 3.54. The summed E-state index contributed by atoms with van der Waals surface area (Å²) in [5.41, 5.74) is 9.67. The summed E-state index contributed by atoms with van der Waals surface area (Å²) in [6.07, 6.45) is 4.80. The number of rotatable bonds is 6. The molecule has 204 valence electrons. The van der Waals surface area contributed by atoms with Crippen molar-refractivity contribution < 1.29 is 23.4 Å². The Bertz CT molecular complexity index is 1610. The normalized spacial score (nSPS) is 17.2. The van der Waals surface area contributed by atoms with Crippen LogP contribution in [0.4, 0.5) is 4.39 Å². The molecule has 2 heterocycles. The number of carbonyl (C=O) groups excluding carboxylic acids is 1. The third kappa shape index (κ3) is 4.70. The first-order chi connectivity index (χ1) is 19.3. The number of methoxy groups -OCH3 is 1. The van der Waals surface area contributed by atoms with Crippen molar-refractivity contribution in [2.75, 3.05) is 13.7 Å². The first kappa shape index (κ1) is 26.0. The molecule has 0 saturated heterocycles. The molecule has 0 spiro atoms. The van der Waals surface area contributed by atoms with Crippen LogP contribution in [0.3, 0.4) is 0 Å². The zero-order valence-corrected chi connectivity index (χ0v) is 23.1. The van der Waals surface area contributed by atoms with E-state index in [1.807, 2.05) is 31.2 Å². The Balaban J connectivity index is 1.29. The van der Waals surface area contributed by atoms with E-state index in [2.05, 4.69) is 35.9 Å². The van der Waals surface area contributed by atoms with Gasteiger partial charge in [0.25, 0.3) is 0 Å². The highest BCUT2D eigenvalue weighted by Gasteiger charge is 2.32. The van der Waals surface area contributed by atoms with E-state index in [9.17, 15) is 4.79 Å². The van der Waals surface area contributed by atoms with E-state index in [0.717, 1.165) is 56.8 Å². The second kappa shape index (κ2) is 10.4. The minimum atomic E-state index is -0.400. The van der Waals surface area contributed by atoms with Gasteiger partial charge in [0.05, 0.1) is 37.7 Å². The van der Waals surface area contributed by atoms with Crippen LogP contribution in [0.15, 0.2) is 54.9 Å². The van der Waals surface area contributed by atoms with Crippen LogP contribution in [0.5, 0.6) is 11.5 Å². The fraction of sp³-hybridized carbons (Fsp3) is 0.303. The molecule has 3 aromatic carbocycles. The number of nitrogens with zero attached hydrogens (tertiary/aromatic N) is 2. The second-order valence-electron chi connectivity index (χ2n) is 10.7. The van der Waals surface area contributed by atoms with Crippen molar-refractivity contribution in [1.82, 2.24) is 9.97 Å². The number of fused-ring (bicyclic) bond motifs is 2. The van der Waals surface area contributed by atoms with E-state index in [0.29, 0.717) is 30.1 Å². The number of halogens is 1. The molecule has 2 atom stereocenters. The Morgan fingerprint density at radius 1 is 1.07 bits per heavy atom. The van der Waals surface area contributed by atoms with E-state index in [4.69, 9.17) is 14.2 Å². The van der Waals surface area contributed by atoms with Crippen LogP contribution >= 0.6 is 0 Å². The fourth-order valence-electron chi connectivity index (χ4n) is 6.11. The molecule has 1 aliphatic heterocycles. The summed E-state index contributed by atoms with van der Waals surface area (Å²) < 4.78 is 32.3. The molecule has 1 unspecified atom stereocenters. The van der Waals surface area contributed by atoms with E-state index < -0.39 is 6.10 Å². The standard InChI is InChI=1S/C33H31FN2O4/c1-18-11-21(28-16-35-15-20(3)36-28)12-19(2)32(18)25-7-9-27(34)33-26(25)8-10-29(33)40-23-5-6-24-22(13-31(37)38-4)17-39-30(24)14-23/h5-7,9,11-12,14-16,22,29H,8,10,13,17H2,1-4H3/t22?,29-/m1/s1. The average molecular weight is 539 g/mol. The summed E-state index contributed by atoms with van der Waals surface area (Å²) in [4.78, 5) is 20.7. The van der Waals surface area contributed by atoms with Crippen LogP contribution in [-0.4, -0.2) is 29.7 Å². The van der Waals surface area contributed by atoms with Gasteiger partial charge in [-0.2, -0.15) is 0 Å². The van der Waals surface area contributed by atoms with Gasteiger partial charge in [-0.1, -0.05) is 12.1 Å². The van der Waals surface area contributed by atoms with Crippen molar-refractivity contribution in [3.8, 4) is 33.9 Å². The van der Waals surface area contributed by atoms with Crippen LogP contribution < -0.4 is 9.47 Å². The van der Waals surface area contributed by atoms with E-state index in [1.54, 1.807) is 18.5 Å². The van der Waals surface area contributed by atoms with Crippen LogP contribution in [-0.2, 0) is 16.0 Å². The summed E-state index contributed by atoms with van der Waals surface area (Å²) in [5, 5.41) is 0. The van der Waals surface area contributed by atoms with Gasteiger partial charge in [0.1, 0.15) is 23.4 Å².